The molecule has 5 nitrogen and oxygen atoms in total. The SMILES string of the molecule is CCNC1(C(=O)O)CCC(N(C)CC2CCCCO2)C1. The number of likely N-dealkylation sites (N-methyl/N-ethyl adjacent to an activating group) is 2. The highest BCUT2D eigenvalue weighted by Crippen LogP contribution is 2.33. The third-order valence-corrected chi connectivity index (χ3v) is 4.80. The Hall–Kier alpha value is -0.650. The number of nitrogens with one attached hydrogen (secondary N) is 1. The molecule has 1 aliphatic carbocycles. The van der Waals surface area contributed by atoms with Crippen LogP contribution in [0.15, 0.2) is 0 Å². The van der Waals surface area contributed by atoms with Crippen molar-refractivity contribution < 1.29 is 14.6 Å². The zero-order valence-electron chi connectivity index (χ0n) is 12.7. The van der Waals surface area contributed by atoms with Crippen LogP contribution in [0.1, 0.15) is 45.4 Å². The Bertz CT molecular complexity index is 331. The topological polar surface area (TPSA) is 61.8 Å². The molecule has 0 amide bonds. The number of ether oxygens (including phenoxy) is 1. The number of carboxylic acids is 1. The van der Waals surface area contributed by atoms with Crippen molar-refractivity contribution in [2.24, 2.45) is 0 Å². The maximum Gasteiger partial charge on any atom is 0.323 e. The van der Waals surface area contributed by atoms with Crippen molar-refractivity contribution in [3.8, 4) is 0 Å². The van der Waals surface area contributed by atoms with E-state index in [9.17, 15) is 9.90 Å². The van der Waals surface area contributed by atoms with Gasteiger partial charge in [0.1, 0.15) is 5.54 Å². The molecule has 0 radical (unpaired) electrons. The molecule has 0 spiro atoms. The van der Waals surface area contributed by atoms with Crippen LogP contribution >= 0.6 is 0 Å². The smallest absolute Gasteiger partial charge is 0.323 e. The molecule has 3 atom stereocenters. The van der Waals surface area contributed by atoms with Gasteiger partial charge in [-0.3, -0.25) is 4.79 Å². The molecular formula is C15H28N2O3. The van der Waals surface area contributed by atoms with Crippen molar-refractivity contribution in [2.45, 2.75) is 63.1 Å². The second-order valence-corrected chi connectivity index (χ2v) is 6.24. The van der Waals surface area contributed by atoms with Gasteiger partial charge in [0.2, 0.25) is 0 Å². The maximum atomic E-state index is 11.6. The summed E-state index contributed by atoms with van der Waals surface area (Å²) in [5, 5.41) is 12.7. The summed E-state index contributed by atoms with van der Waals surface area (Å²) in [6.07, 6.45) is 6.24. The van der Waals surface area contributed by atoms with Crippen LogP contribution in [0.5, 0.6) is 0 Å². The van der Waals surface area contributed by atoms with Gasteiger partial charge in [-0.15, -0.1) is 0 Å². The zero-order valence-corrected chi connectivity index (χ0v) is 12.7. The van der Waals surface area contributed by atoms with Crippen LogP contribution in [0, 0.1) is 0 Å². The molecule has 2 aliphatic rings. The van der Waals surface area contributed by atoms with Gasteiger partial charge in [-0.25, -0.2) is 0 Å². The van der Waals surface area contributed by atoms with Crippen molar-refractivity contribution in [3.05, 3.63) is 0 Å². The third-order valence-electron chi connectivity index (χ3n) is 4.80. The summed E-state index contributed by atoms with van der Waals surface area (Å²) in [7, 11) is 2.10. The highest BCUT2D eigenvalue weighted by molar-refractivity contribution is 5.79. The van der Waals surface area contributed by atoms with E-state index in [0.29, 0.717) is 25.1 Å². The Balaban J connectivity index is 1.88. The van der Waals surface area contributed by atoms with Crippen molar-refractivity contribution >= 4 is 5.97 Å². The van der Waals surface area contributed by atoms with Gasteiger partial charge in [-0.1, -0.05) is 6.92 Å². The summed E-state index contributed by atoms with van der Waals surface area (Å²) in [6, 6.07) is 0.343. The Kier molecular flexibility index (Phi) is 5.41. The first-order valence-corrected chi connectivity index (χ1v) is 7.87. The number of nitrogens with zero attached hydrogens (tertiary/aromatic N) is 1. The van der Waals surface area contributed by atoms with Crippen LogP contribution in [0.3, 0.4) is 0 Å². The molecule has 2 rings (SSSR count). The van der Waals surface area contributed by atoms with Crippen LogP contribution in [0.4, 0.5) is 0 Å². The quantitative estimate of drug-likeness (QED) is 0.773. The monoisotopic (exact) mass is 284 g/mol. The molecule has 2 N–H and O–H groups in total. The number of aliphatic carboxylic acids is 1. The fourth-order valence-electron chi connectivity index (χ4n) is 3.59. The highest BCUT2D eigenvalue weighted by Gasteiger charge is 2.46. The molecule has 1 aliphatic heterocycles. The summed E-state index contributed by atoms with van der Waals surface area (Å²) in [6.45, 7) is 4.47. The van der Waals surface area contributed by atoms with Gasteiger partial charge >= 0.3 is 5.97 Å². The Morgan fingerprint density at radius 1 is 1.45 bits per heavy atom. The molecular weight excluding hydrogens is 256 g/mol. The molecule has 2 fully saturated rings. The van der Waals surface area contributed by atoms with E-state index in [1.807, 2.05) is 6.92 Å². The lowest BCUT2D eigenvalue weighted by Crippen LogP contribution is -2.51. The molecule has 1 saturated heterocycles. The lowest BCUT2D eigenvalue weighted by Gasteiger charge is -2.32. The molecule has 0 aromatic carbocycles. The molecule has 116 valence electrons. The van der Waals surface area contributed by atoms with E-state index in [-0.39, 0.29) is 0 Å². The van der Waals surface area contributed by atoms with E-state index in [1.54, 1.807) is 0 Å². The predicted molar refractivity (Wildman–Crippen MR) is 77.9 cm³/mol. The van der Waals surface area contributed by atoms with Gasteiger partial charge in [0.05, 0.1) is 6.10 Å². The van der Waals surface area contributed by atoms with E-state index >= 15 is 0 Å². The van der Waals surface area contributed by atoms with Gasteiger partial charge < -0.3 is 20.1 Å². The molecule has 1 heterocycles. The fraction of sp³-hybridized carbons (Fsp3) is 0.933. The first-order valence-electron chi connectivity index (χ1n) is 7.87. The minimum Gasteiger partial charge on any atom is -0.480 e. The fourth-order valence-corrected chi connectivity index (χ4v) is 3.59. The van der Waals surface area contributed by atoms with Gasteiger partial charge in [0, 0.05) is 19.2 Å². The Morgan fingerprint density at radius 2 is 2.25 bits per heavy atom. The minimum atomic E-state index is -0.721. The molecule has 1 saturated carbocycles. The van der Waals surface area contributed by atoms with E-state index < -0.39 is 11.5 Å². The molecule has 5 heteroatoms. The van der Waals surface area contributed by atoms with Crippen LogP contribution < -0.4 is 5.32 Å². The number of hydrogen-bond acceptors (Lipinski definition) is 4. The second-order valence-electron chi connectivity index (χ2n) is 6.24. The largest absolute Gasteiger partial charge is 0.480 e. The highest BCUT2D eigenvalue weighted by atomic mass is 16.5. The van der Waals surface area contributed by atoms with Crippen molar-refractivity contribution in [2.75, 3.05) is 26.7 Å². The average molecular weight is 284 g/mol. The predicted octanol–water partition coefficient (Wildman–Crippen LogP) is 1.47. The van der Waals surface area contributed by atoms with Crippen molar-refractivity contribution in [1.82, 2.24) is 10.2 Å². The lowest BCUT2D eigenvalue weighted by atomic mass is 9.97. The Morgan fingerprint density at radius 3 is 2.85 bits per heavy atom. The summed E-state index contributed by atoms with van der Waals surface area (Å²) in [5.41, 5.74) is -0.721. The average Bonchev–Trinajstić information content (AvgIpc) is 2.86. The summed E-state index contributed by atoms with van der Waals surface area (Å²) >= 11 is 0. The second kappa shape index (κ2) is 6.87. The van der Waals surface area contributed by atoms with Crippen molar-refractivity contribution in [1.29, 1.82) is 0 Å². The number of carboxylic acid groups (broad SMARTS) is 1. The summed E-state index contributed by atoms with van der Waals surface area (Å²) in [4.78, 5) is 13.9. The van der Waals surface area contributed by atoms with Crippen LogP contribution in [0.2, 0.25) is 0 Å². The molecule has 0 aromatic heterocycles. The molecule has 20 heavy (non-hydrogen) atoms. The van der Waals surface area contributed by atoms with E-state index in [0.717, 1.165) is 32.4 Å². The van der Waals surface area contributed by atoms with Gasteiger partial charge in [0.25, 0.3) is 0 Å². The van der Waals surface area contributed by atoms with Gasteiger partial charge in [-0.2, -0.15) is 0 Å². The van der Waals surface area contributed by atoms with Gasteiger partial charge in [0.15, 0.2) is 0 Å². The number of rotatable bonds is 6. The van der Waals surface area contributed by atoms with E-state index in [1.165, 1.54) is 12.8 Å². The summed E-state index contributed by atoms with van der Waals surface area (Å²) in [5.74, 6) is -0.704. The molecule has 0 bridgehead atoms. The number of carbonyl (C=O) groups is 1. The first kappa shape index (κ1) is 15.7. The lowest BCUT2D eigenvalue weighted by molar-refractivity contribution is -0.144. The van der Waals surface area contributed by atoms with Gasteiger partial charge in [-0.05, 0) is 52.1 Å². The molecule has 0 aromatic rings. The molecule has 3 unspecified atom stereocenters. The number of hydrogen-bond donors (Lipinski definition) is 2. The maximum absolute atomic E-state index is 11.6. The zero-order chi connectivity index (χ0) is 14.6. The standard InChI is InChI=1S/C15H28N2O3/c1-3-16-15(14(18)19)8-7-12(10-15)17(2)11-13-6-4-5-9-20-13/h12-13,16H,3-11H2,1-2H3,(H,18,19). The normalized spacial score (nSPS) is 34.5. The van der Waals surface area contributed by atoms with E-state index in [4.69, 9.17) is 4.74 Å². The van der Waals surface area contributed by atoms with Crippen molar-refractivity contribution in [3.63, 3.8) is 0 Å². The van der Waals surface area contributed by atoms with Crippen LogP contribution in [0.25, 0.3) is 0 Å². The minimum absolute atomic E-state index is 0.327. The Labute approximate surface area is 121 Å². The van der Waals surface area contributed by atoms with Crippen LogP contribution in [-0.4, -0.2) is 60.4 Å². The third kappa shape index (κ3) is 3.51. The first-order chi connectivity index (χ1) is 9.57. The summed E-state index contributed by atoms with van der Waals surface area (Å²) < 4.78 is 5.78. The van der Waals surface area contributed by atoms with Crippen LogP contribution in [-0.2, 0) is 9.53 Å². The van der Waals surface area contributed by atoms with E-state index in [2.05, 4.69) is 17.3 Å².